The summed E-state index contributed by atoms with van der Waals surface area (Å²) in [5.41, 5.74) is 1.66. The maximum atomic E-state index is 12.6. The standard InChI is InChI=1S/C23H27N3O3S/c1-16-14-20(17(2)30-16)22(27)8-9-23(28)26-12-10-25(11-13-26)21(15-24)18-4-6-19(29-3)7-5-18/h4-7,14,21H,8-13H2,1-3H3. The van der Waals surface area contributed by atoms with E-state index in [-0.39, 0.29) is 30.6 Å². The molecule has 1 aromatic carbocycles. The van der Waals surface area contributed by atoms with E-state index in [4.69, 9.17) is 4.74 Å². The molecular weight excluding hydrogens is 398 g/mol. The minimum atomic E-state index is -0.348. The zero-order chi connectivity index (χ0) is 21.7. The molecule has 1 aliphatic rings. The van der Waals surface area contributed by atoms with Crippen molar-refractivity contribution in [3.8, 4) is 11.8 Å². The van der Waals surface area contributed by atoms with Crippen LogP contribution in [0.4, 0.5) is 0 Å². The molecule has 0 N–H and O–H groups in total. The molecule has 1 unspecified atom stereocenters. The second-order valence-corrected chi connectivity index (χ2v) is 8.93. The van der Waals surface area contributed by atoms with Gasteiger partial charge in [-0.25, -0.2) is 0 Å². The Hall–Kier alpha value is -2.69. The van der Waals surface area contributed by atoms with Gasteiger partial charge in [0.05, 0.1) is 13.2 Å². The smallest absolute Gasteiger partial charge is 0.223 e. The van der Waals surface area contributed by atoms with Crippen LogP contribution in [0, 0.1) is 25.2 Å². The monoisotopic (exact) mass is 425 g/mol. The number of carbonyl (C=O) groups is 2. The number of rotatable bonds is 7. The number of ketones is 1. The Kier molecular flexibility index (Phi) is 7.24. The van der Waals surface area contributed by atoms with Crippen molar-refractivity contribution in [2.75, 3.05) is 33.3 Å². The van der Waals surface area contributed by atoms with E-state index in [0.29, 0.717) is 26.2 Å². The Morgan fingerprint density at radius 2 is 1.80 bits per heavy atom. The molecule has 1 aromatic heterocycles. The summed E-state index contributed by atoms with van der Waals surface area (Å²) in [6, 6.07) is 11.5. The normalized spacial score (nSPS) is 15.5. The maximum absolute atomic E-state index is 12.6. The molecule has 1 aliphatic heterocycles. The highest BCUT2D eigenvalue weighted by Gasteiger charge is 2.27. The average Bonchev–Trinajstić information content (AvgIpc) is 3.11. The lowest BCUT2D eigenvalue weighted by Gasteiger charge is -2.37. The summed E-state index contributed by atoms with van der Waals surface area (Å²) < 4.78 is 5.18. The third-order valence-corrected chi connectivity index (χ3v) is 6.46. The van der Waals surface area contributed by atoms with Gasteiger partial charge in [0.1, 0.15) is 11.8 Å². The van der Waals surface area contributed by atoms with Crippen molar-refractivity contribution in [2.45, 2.75) is 32.7 Å². The number of nitriles is 1. The van der Waals surface area contributed by atoms with Crippen molar-refractivity contribution in [1.29, 1.82) is 5.26 Å². The van der Waals surface area contributed by atoms with E-state index < -0.39 is 0 Å². The van der Waals surface area contributed by atoms with Crippen molar-refractivity contribution >= 4 is 23.0 Å². The first-order chi connectivity index (χ1) is 14.4. The molecule has 2 aromatic rings. The molecule has 1 saturated heterocycles. The molecule has 0 radical (unpaired) electrons. The van der Waals surface area contributed by atoms with Crippen molar-refractivity contribution in [1.82, 2.24) is 9.80 Å². The van der Waals surface area contributed by atoms with E-state index in [2.05, 4.69) is 11.0 Å². The number of thiophene rings is 1. The summed E-state index contributed by atoms with van der Waals surface area (Å²) in [7, 11) is 1.61. The largest absolute Gasteiger partial charge is 0.497 e. The fraction of sp³-hybridized carbons (Fsp3) is 0.435. The van der Waals surface area contributed by atoms with Gasteiger partial charge in [-0.05, 0) is 37.6 Å². The summed E-state index contributed by atoms with van der Waals surface area (Å²) in [6.07, 6.45) is 0.468. The van der Waals surface area contributed by atoms with Crippen LogP contribution >= 0.6 is 11.3 Å². The third-order valence-electron chi connectivity index (χ3n) is 5.49. The fourth-order valence-electron chi connectivity index (χ4n) is 3.80. The van der Waals surface area contributed by atoms with Crippen molar-refractivity contribution in [2.24, 2.45) is 0 Å². The summed E-state index contributed by atoms with van der Waals surface area (Å²) in [6.45, 7) is 6.33. The number of benzene rings is 1. The molecule has 0 bridgehead atoms. The molecule has 0 saturated carbocycles. The number of methoxy groups -OCH3 is 1. The van der Waals surface area contributed by atoms with Gasteiger partial charge in [-0.15, -0.1) is 11.3 Å². The maximum Gasteiger partial charge on any atom is 0.223 e. The third kappa shape index (κ3) is 5.07. The topological polar surface area (TPSA) is 73.6 Å². The molecule has 30 heavy (non-hydrogen) atoms. The summed E-state index contributed by atoms with van der Waals surface area (Å²) in [5, 5.41) is 9.67. The average molecular weight is 426 g/mol. The van der Waals surface area contributed by atoms with E-state index in [0.717, 1.165) is 26.6 Å². The van der Waals surface area contributed by atoms with Crippen molar-refractivity contribution in [3.63, 3.8) is 0 Å². The number of ether oxygens (including phenoxy) is 1. The van der Waals surface area contributed by atoms with Gasteiger partial charge in [-0.1, -0.05) is 12.1 Å². The van der Waals surface area contributed by atoms with Crippen LogP contribution in [0.25, 0.3) is 0 Å². The molecule has 0 aliphatic carbocycles. The molecule has 7 heteroatoms. The van der Waals surface area contributed by atoms with Crippen LogP contribution in [0.15, 0.2) is 30.3 Å². The molecule has 1 atom stereocenters. The minimum absolute atomic E-state index is 0.00515. The number of hydrogen-bond donors (Lipinski definition) is 0. The van der Waals surface area contributed by atoms with Crippen LogP contribution in [-0.2, 0) is 4.79 Å². The number of piperazine rings is 1. The van der Waals surface area contributed by atoms with Crippen molar-refractivity contribution in [3.05, 3.63) is 51.2 Å². The van der Waals surface area contributed by atoms with Crippen LogP contribution < -0.4 is 4.74 Å². The molecule has 158 valence electrons. The van der Waals surface area contributed by atoms with Crippen LogP contribution in [0.5, 0.6) is 5.75 Å². The Bertz CT molecular complexity index is 938. The molecule has 1 fully saturated rings. The van der Waals surface area contributed by atoms with Crippen LogP contribution in [0.1, 0.15) is 44.6 Å². The van der Waals surface area contributed by atoms with E-state index in [1.54, 1.807) is 23.3 Å². The van der Waals surface area contributed by atoms with Gasteiger partial charge in [-0.2, -0.15) is 5.26 Å². The molecule has 0 spiro atoms. The first-order valence-electron chi connectivity index (χ1n) is 10.1. The molecule has 2 heterocycles. The lowest BCUT2D eigenvalue weighted by molar-refractivity contribution is -0.133. The Morgan fingerprint density at radius 1 is 1.13 bits per heavy atom. The molecule has 3 rings (SSSR count). The number of Topliss-reactive ketones (excluding diaryl/α,β-unsaturated/α-hetero) is 1. The van der Waals surface area contributed by atoms with E-state index in [9.17, 15) is 14.9 Å². The first-order valence-corrected chi connectivity index (χ1v) is 10.9. The van der Waals surface area contributed by atoms with Gasteiger partial charge in [-0.3, -0.25) is 14.5 Å². The first kappa shape index (κ1) is 22.0. The van der Waals surface area contributed by atoms with Gasteiger partial charge >= 0.3 is 0 Å². The van der Waals surface area contributed by atoms with Gasteiger partial charge in [0, 0.05) is 54.3 Å². The van der Waals surface area contributed by atoms with Crippen LogP contribution in [0.2, 0.25) is 0 Å². The van der Waals surface area contributed by atoms with Gasteiger partial charge in [0.15, 0.2) is 5.78 Å². The fourth-order valence-corrected chi connectivity index (χ4v) is 4.75. The SMILES string of the molecule is COc1ccc(C(C#N)N2CCN(C(=O)CCC(=O)c3cc(C)sc3C)CC2)cc1. The second kappa shape index (κ2) is 9.88. The number of nitrogens with zero attached hydrogens (tertiary/aromatic N) is 3. The Labute approximate surface area is 181 Å². The Morgan fingerprint density at radius 3 is 2.33 bits per heavy atom. The highest BCUT2D eigenvalue weighted by Crippen LogP contribution is 2.25. The summed E-state index contributed by atoms with van der Waals surface area (Å²) in [5.74, 6) is 0.798. The molecular formula is C23H27N3O3S. The van der Waals surface area contributed by atoms with Gasteiger partial charge < -0.3 is 9.64 Å². The van der Waals surface area contributed by atoms with Crippen molar-refractivity contribution < 1.29 is 14.3 Å². The lowest BCUT2D eigenvalue weighted by Crippen LogP contribution is -2.49. The highest BCUT2D eigenvalue weighted by molar-refractivity contribution is 7.12. The number of aryl methyl sites for hydroxylation is 2. The number of carbonyl (C=O) groups excluding carboxylic acids is 2. The molecule has 1 amide bonds. The van der Waals surface area contributed by atoms with E-state index in [1.807, 2.05) is 44.2 Å². The quantitative estimate of drug-likeness (QED) is 0.632. The van der Waals surface area contributed by atoms with E-state index >= 15 is 0 Å². The Balaban J connectivity index is 1.51. The second-order valence-electron chi connectivity index (χ2n) is 7.47. The summed E-state index contributed by atoms with van der Waals surface area (Å²) >= 11 is 1.61. The molecule has 6 nitrogen and oxygen atoms in total. The van der Waals surface area contributed by atoms with E-state index in [1.165, 1.54) is 0 Å². The van der Waals surface area contributed by atoms with Crippen LogP contribution in [-0.4, -0.2) is 54.8 Å². The predicted octanol–water partition coefficient (Wildman–Crippen LogP) is 3.75. The number of hydrogen-bond acceptors (Lipinski definition) is 6. The minimum Gasteiger partial charge on any atom is -0.497 e. The predicted molar refractivity (Wildman–Crippen MR) is 117 cm³/mol. The van der Waals surface area contributed by atoms with Gasteiger partial charge in [0.25, 0.3) is 0 Å². The summed E-state index contributed by atoms with van der Waals surface area (Å²) in [4.78, 5) is 31.0. The zero-order valence-electron chi connectivity index (χ0n) is 17.7. The lowest BCUT2D eigenvalue weighted by atomic mass is 10.0. The van der Waals surface area contributed by atoms with Crippen LogP contribution in [0.3, 0.4) is 0 Å². The number of amides is 1. The van der Waals surface area contributed by atoms with Gasteiger partial charge in [0.2, 0.25) is 5.91 Å². The highest BCUT2D eigenvalue weighted by atomic mass is 32.1. The zero-order valence-corrected chi connectivity index (χ0v) is 18.5.